The third-order valence-electron chi connectivity index (χ3n) is 3.97. The molecule has 0 radical (unpaired) electrons. The van der Waals surface area contributed by atoms with Crippen molar-refractivity contribution in [3.05, 3.63) is 69.7 Å². The van der Waals surface area contributed by atoms with E-state index in [4.69, 9.17) is 45.1 Å². The molecule has 0 atom stereocenters. The van der Waals surface area contributed by atoms with Crippen molar-refractivity contribution < 1.29 is 4.74 Å². The van der Waals surface area contributed by atoms with Gasteiger partial charge in [0.2, 0.25) is 0 Å². The zero-order valence-electron chi connectivity index (χ0n) is 14.1. The predicted molar refractivity (Wildman–Crippen MR) is 111 cm³/mol. The van der Waals surface area contributed by atoms with Crippen molar-refractivity contribution in [3.63, 3.8) is 0 Å². The average molecular weight is 408 g/mol. The first-order chi connectivity index (χ1) is 12.6. The molecule has 26 heavy (non-hydrogen) atoms. The summed E-state index contributed by atoms with van der Waals surface area (Å²) in [5, 5.41) is 4.98. The second-order valence-electron chi connectivity index (χ2n) is 5.80. The van der Waals surface area contributed by atoms with Crippen molar-refractivity contribution in [2.45, 2.75) is 6.54 Å². The lowest BCUT2D eigenvalue weighted by Gasteiger charge is -2.29. The van der Waals surface area contributed by atoms with E-state index in [1.165, 1.54) is 0 Å². The van der Waals surface area contributed by atoms with Crippen LogP contribution in [0.5, 0.6) is 0 Å². The molecule has 0 aromatic heterocycles. The number of thiocarbonyl (C=S) groups is 1. The van der Waals surface area contributed by atoms with Gasteiger partial charge in [-0.3, -0.25) is 4.99 Å². The van der Waals surface area contributed by atoms with E-state index in [9.17, 15) is 0 Å². The maximum atomic E-state index is 6.39. The van der Waals surface area contributed by atoms with Crippen LogP contribution in [-0.4, -0.2) is 42.2 Å². The Morgan fingerprint density at radius 1 is 1.12 bits per heavy atom. The maximum Gasteiger partial charge on any atom is 0.174 e. The molecule has 1 N–H and O–H groups in total. The Morgan fingerprint density at radius 3 is 2.54 bits per heavy atom. The highest BCUT2D eigenvalue weighted by Gasteiger charge is 2.17. The van der Waals surface area contributed by atoms with E-state index in [1.54, 1.807) is 12.1 Å². The van der Waals surface area contributed by atoms with Crippen LogP contribution in [0.4, 0.5) is 0 Å². The molecular formula is C19H19Cl2N3OS. The molecule has 3 rings (SSSR count). The van der Waals surface area contributed by atoms with Crippen molar-refractivity contribution in [2.75, 3.05) is 26.3 Å². The van der Waals surface area contributed by atoms with Gasteiger partial charge in [0.05, 0.1) is 24.8 Å². The Balaban J connectivity index is 1.84. The highest BCUT2D eigenvalue weighted by atomic mass is 35.5. The minimum absolute atomic E-state index is 0.522. The minimum Gasteiger partial charge on any atom is -0.378 e. The average Bonchev–Trinajstić information content (AvgIpc) is 2.67. The fourth-order valence-corrected chi connectivity index (χ4v) is 3.35. The van der Waals surface area contributed by atoms with Gasteiger partial charge in [-0.2, -0.15) is 0 Å². The summed E-state index contributed by atoms with van der Waals surface area (Å²) in [5.41, 5.74) is 1.87. The summed E-state index contributed by atoms with van der Waals surface area (Å²) >= 11 is 18.0. The van der Waals surface area contributed by atoms with Gasteiger partial charge in [0, 0.05) is 23.7 Å². The van der Waals surface area contributed by atoms with Crippen molar-refractivity contribution >= 4 is 46.4 Å². The van der Waals surface area contributed by atoms with E-state index in [-0.39, 0.29) is 0 Å². The molecule has 0 unspecified atom stereocenters. The predicted octanol–water partition coefficient (Wildman–Crippen LogP) is 4.15. The van der Waals surface area contributed by atoms with E-state index in [0.717, 1.165) is 24.2 Å². The molecule has 7 heteroatoms. The van der Waals surface area contributed by atoms with Crippen LogP contribution in [0, 0.1) is 0 Å². The van der Waals surface area contributed by atoms with E-state index in [2.05, 4.69) is 10.2 Å². The first-order valence-electron chi connectivity index (χ1n) is 8.31. The van der Waals surface area contributed by atoms with Gasteiger partial charge in [-0.05, 0) is 36.0 Å². The Morgan fingerprint density at radius 2 is 1.85 bits per heavy atom. The number of benzene rings is 2. The molecule has 1 heterocycles. The number of hydrogen-bond acceptors (Lipinski definition) is 3. The van der Waals surface area contributed by atoms with Crippen LogP contribution in [0.3, 0.4) is 0 Å². The summed E-state index contributed by atoms with van der Waals surface area (Å²) in [6.45, 7) is 3.37. The van der Waals surface area contributed by atoms with Gasteiger partial charge >= 0.3 is 0 Å². The molecule has 0 spiro atoms. The molecule has 1 fully saturated rings. The van der Waals surface area contributed by atoms with Gasteiger partial charge < -0.3 is 15.0 Å². The zero-order chi connectivity index (χ0) is 18.4. The van der Waals surface area contributed by atoms with Gasteiger partial charge in [-0.25, -0.2) is 0 Å². The number of halogens is 2. The summed E-state index contributed by atoms with van der Waals surface area (Å²) in [5.74, 6) is 0.631. The van der Waals surface area contributed by atoms with Crippen molar-refractivity contribution in [1.29, 1.82) is 0 Å². The summed E-state index contributed by atoms with van der Waals surface area (Å²) in [6, 6.07) is 15.4. The molecule has 1 aliphatic rings. The van der Waals surface area contributed by atoms with Gasteiger partial charge in [0.25, 0.3) is 0 Å². The third-order valence-corrected chi connectivity index (χ3v) is 4.88. The van der Waals surface area contributed by atoms with Gasteiger partial charge in [-0.1, -0.05) is 53.5 Å². The topological polar surface area (TPSA) is 36.9 Å². The van der Waals surface area contributed by atoms with Crippen LogP contribution in [0.1, 0.15) is 11.1 Å². The van der Waals surface area contributed by atoms with Crippen LogP contribution in [0.25, 0.3) is 0 Å². The fourth-order valence-electron chi connectivity index (χ4n) is 2.57. The second kappa shape index (κ2) is 9.33. The summed E-state index contributed by atoms with van der Waals surface area (Å²) < 4.78 is 5.38. The smallest absolute Gasteiger partial charge is 0.174 e. The Bertz CT molecular complexity index is 793. The van der Waals surface area contributed by atoms with Gasteiger partial charge in [0.15, 0.2) is 5.11 Å². The Kier molecular flexibility index (Phi) is 6.86. The molecule has 1 saturated heterocycles. The number of rotatable bonds is 3. The van der Waals surface area contributed by atoms with Crippen molar-refractivity contribution in [1.82, 2.24) is 10.2 Å². The molecule has 2 aromatic rings. The number of amidine groups is 1. The van der Waals surface area contributed by atoms with Crippen molar-refractivity contribution in [3.8, 4) is 0 Å². The number of aliphatic imine (C=N–C) groups is 1. The molecule has 0 bridgehead atoms. The quantitative estimate of drug-likeness (QED) is 0.471. The van der Waals surface area contributed by atoms with E-state index < -0.39 is 0 Å². The lowest BCUT2D eigenvalue weighted by atomic mass is 10.2. The van der Waals surface area contributed by atoms with E-state index in [0.29, 0.717) is 40.8 Å². The first-order valence-corrected chi connectivity index (χ1v) is 9.47. The van der Waals surface area contributed by atoms with Crippen LogP contribution in [0.2, 0.25) is 10.0 Å². The van der Waals surface area contributed by atoms with E-state index >= 15 is 0 Å². The van der Waals surface area contributed by atoms with Gasteiger partial charge in [0.1, 0.15) is 5.84 Å². The molecule has 2 aromatic carbocycles. The van der Waals surface area contributed by atoms with Crippen LogP contribution in [-0.2, 0) is 11.3 Å². The summed E-state index contributed by atoms with van der Waals surface area (Å²) in [6.07, 6.45) is 0. The van der Waals surface area contributed by atoms with Crippen LogP contribution >= 0.6 is 35.4 Å². The third kappa shape index (κ3) is 5.17. The SMILES string of the molecule is S=C(NC(=NCc1ccccc1)c1ccc(Cl)cc1Cl)N1CCOCC1. The zero-order valence-corrected chi connectivity index (χ0v) is 16.4. The normalized spacial score (nSPS) is 15.0. The standard InChI is InChI=1S/C19H19Cl2N3OS/c20-15-6-7-16(17(21)12-15)18(22-13-14-4-2-1-3-5-14)23-19(26)24-8-10-25-11-9-24/h1-7,12H,8-11,13H2,(H,22,23,26). The Labute approximate surface area is 168 Å². The van der Waals surface area contributed by atoms with Crippen molar-refractivity contribution in [2.24, 2.45) is 4.99 Å². The lowest BCUT2D eigenvalue weighted by Crippen LogP contribution is -2.48. The number of nitrogens with zero attached hydrogens (tertiary/aromatic N) is 2. The largest absolute Gasteiger partial charge is 0.378 e. The molecule has 0 amide bonds. The summed E-state index contributed by atoms with van der Waals surface area (Å²) in [4.78, 5) is 6.79. The fraction of sp³-hybridized carbons (Fsp3) is 0.263. The second-order valence-corrected chi connectivity index (χ2v) is 7.03. The highest BCUT2D eigenvalue weighted by molar-refractivity contribution is 7.80. The van der Waals surface area contributed by atoms with E-state index in [1.807, 2.05) is 36.4 Å². The monoisotopic (exact) mass is 407 g/mol. The van der Waals surface area contributed by atoms with Gasteiger partial charge in [-0.15, -0.1) is 0 Å². The highest BCUT2D eigenvalue weighted by Crippen LogP contribution is 2.21. The lowest BCUT2D eigenvalue weighted by molar-refractivity contribution is 0.0681. The number of nitrogens with one attached hydrogen (secondary N) is 1. The minimum atomic E-state index is 0.522. The number of ether oxygens (including phenoxy) is 1. The number of hydrogen-bond donors (Lipinski definition) is 1. The molecule has 4 nitrogen and oxygen atoms in total. The Hall–Kier alpha value is -1.66. The molecular weight excluding hydrogens is 389 g/mol. The first kappa shape index (κ1) is 19.1. The molecule has 0 saturated carbocycles. The maximum absolute atomic E-state index is 6.39. The van der Waals surface area contributed by atoms with Crippen LogP contribution < -0.4 is 5.32 Å². The number of morpholine rings is 1. The van der Waals surface area contributed by atoms with Crippen LogP contribution in [0.15, 0.2) is 53.5 Å². The molecule has 136 valence electrons. The molecule has 0 aliphatic carbocycles. The summed E-state index contributed by atoms with van der Waals surface area (Å²) in [7, 11) is 0. The molecule has 1 aliphatic heterocycles.